The van der Waals surface area contributed by atoms with Crippen LogP contribution in [0.4, 0.5) is 11.4 Å². The number of carbonyl (C=O) groups excluding carboxylic acids is 2. The van der Waals surface area contributed by atoms with Gasteiger partial charge in [-0.15, -0.1) is 0 Å². The molecule has 2 aromatic rings. The Morgan fingerprint density at radius 1 is 1.10 bits per heavy atom. The maximum absolute atomic E-state index is 12.6. The van der Waals surface area contributed by atoms with Gasteiger partial charge in [-0.3, -0.25) is 14.5 Å². The third-order valence-corrected chi connectivity index (χ3v) is 3.46. The van der Waals surface area contributed by atoms with Crippen LogP contribution in [0.3, 0.4) is 0 Å². The summed E-state index contributed by atoms with van der Waals surface area (Å²) >= 11 is 0. The number of fused-ring (bicyclic) bond motifs is 1. The molecule has 1 aliphatic rings. The van der Waals surface area contributed by atoms with Crippen LogP contribution >= 0.6 is 0 Å². The lowest BCUT2D eigenvalue weighted by Crippen LogP contribution is -2.46. The third kappa shape index (κ3) is 2.51. The molecule has 0 aromatic heterocycles. The van der Waals surface area contributed by atoms with Crippen molar-refractivity contribution in [3.8, 4) is 0 Å². The van der Waals surface area contributed by atoms with Crippen molar-refractivity contribution >= 4 is 23.2 Å². The van der Waals surface area contributed by atoms with Crippen LogP contribution in [0.25, 0.3) is 0 Å². The highest BCUT2D eigenvalue weighted by Gasteiger charge is 2.30. The first-order valence-corrected chi connectivity index (χ1v) is 6.67. The highest BCUT2D eigenvalue weighted by Crippen LogP contribution is 2.30. The van der Waals surface area contributed by atoms with E-state index in [1.807, 2.05) is 30.3 Å². The number of benzene rings is 2. The van der Waals surface area contributed by atoms with Crippen molar-refractivity contribution < 1.29 is 9.59 Å². The van der Waals surface area contributed by atoms with Crippen LogP contribution in [-0.2, 0) is 9.59 Å². The van der Waals surface area contributed by atoms with Crippen molar-refractivity contribution in [1.82, 2.24) is 0 Å². The highest BCUT2D eigenvalue weighted by atomic mass is 16.2. The number of hydrogen-bond acceptors (Lipinski definition) is 3. The lowest BCUT2D eigenvalue weighted by molar-refractivity contribution is -0.122. The van der Waals surface area contributed by atoms with Crippen molar-refractivity contribution in [2.45, 2.75) is 6.04 Å². The second-order valence-corrected chi connectivity index (χ2v) is 4.88. The van der Waals surface area contributed by atoms with Gasteiger partial charge in [0.25, 0.3) is 0 Å². The van der Waals surface area contributed by atoms with Crippen LogP contribution in [0.5, 0.6) is 0 Å². The molecule has 2 amide bonds. The number of nitrogens with one attached hydrogen (secondary N) is 1. The van der Waals surface area contributed by atoms with E-state index in [9.17, 15) is 9.59 Å². The minimum Gasteiger partial charge on any atom is -0.323 e. The molecule has 5 nitrogen and oxygen atoms in total. The molecule has 0 aliphatic carbocycles. The first kappa shape index (κ1) is 13.3. The monoisotopic (exact) mass is 281 g/mol. The molecule has 2 aromatic carbocycles. The summed E-state index contributed by atoms with van der Waals surface area (Å²) in [5.41, 5.74) is 8.08. The molecule has 21 heavy (non-hydrogen) atoms. The summed E-state index contributed by atoms with van der Waals surface area (Å²) in [7, 11) is 0. The van der Waals surface area contributed by atoms with Gasteiger partial charge < -0.3 is 11.1 Å². The average molecular weight is 281 g/mol. The van der Waals surface area contributed by atoms with E-state index >= 15 is 0 Å². The Hall–Kier alpha value is -2.66. The Morgan fingerprint density at radius 2 is 1.76 bits per heavy atom. The van der Waals surface area contributed by atoms with Crippen LogP contribution in [0.2, 0.25) is 0 Å². The number of para-hydroxylation sites is 2. The second kappa shape index (κ2) is 5.38. The largest absolute Gasteiger partial charge is 0.323 e. The van der Waals surface area contributed by atoms with Gasteiger partial charge in [0.15, 0.2) is 0 Å². The number of nitrogens with two attached hydrogens (primary N) is 1. The standard InChI is InChI=1S/C16H15N3O2/c17-15(11-6-2-1-3-7-11)16(21)19-10-14(20)18-12-8-4-5-9-13(12)19/h1-9,15H,10,17H2,(H,18,20)/t15-/m0/s1. The van der Waals surface area contributed by atoms with Crippen LogP contribution in [0, 0.1) is 0 Å². The molecular formula is C16H15N3O2. The van der Waals surface area contributed by atoms with Gasteiger partial charge in [-0.25, -0.2) is 0 Å². The second-order valence-electron chi connectivity index (χ2n) is 4.88. The lowest BCUT2D eigenvalue weighted by Gasteiger charge is -2.31. The Kier molecular flexibility index (Phi) is 3.41. The molecule has 1 aliphatic heterocycles. The van der Waals surface area contributed by atoms with E-state index in [2.05, 4.69) is 5.32 Å². The number of amides is 2. The van der Waals surface area contributed by atoms with E-state index in [0.717, 1.165) is 5.56 Å². The molecule has 1 atom stereocenters. The van der Waals surface area contributed by atoms with E-state index in [0.29, 0.717) is 11.4 Å². The maximum Gasteiger partial charge on any atom is 0.249 e. The van der Waals surface area contributed by atoms with Crippen LogP contribution < -0.4 is 16.0 Å². The smallest absolute Gasteiger partial charge is 0.249 e. The quantitative estimate of drug-likeness (QED) is 0.879. The summed E-state index contributed by atoms with van der Waals surface area (Å²) in [5, 5.41) is 2.75. The topological polar surface area (TPSA) is 75.4 Å². The van der Waals surface area contributed by atoms with Crippen LogP contribution in [-0.4, -0.2) is 18.4 Å². The molecular weight excluding hydrogens is 266 g/mol. The van der Waals surface area contributed by atoms with Gasteiger partial charge in [0, 0.05) is 0 Å². The first-order valence-electron chi connectivity index (χ1n) is 6.67. The average Bonchev–Trinajstić information content (AvgIpc) is 2.53. The molecule has 0 unspecified atom stereocenters. The van der Waals surface area contributed by atoms with E-state index in [1.165, 1.54) is 4.90 Å². The summed E-state index contributed by atoms with van der Waals surface area (Å²) in [5.74, 6) is -0.509. The fourth-order valence-corrected chi connectivity index (χ4v) is 2.40. The van der Waals surface area contributed by atoms with Crippen molar-refractivity contribution in [2.75, 3.05) is 16.8 Å². The summed E-state index contributed by atoms with van der Waals surface area (Å²) < 4.78 is 0. The molecule has 1 heterocycles. The molecule has 0 fully saturated rings. The summed E-state index contributed by atoms with van der Waals surface area (Å²) in [6.45, 7) is -0.0175. The fraction of sp³-hybridized carbons (Fsp3) is 0.125. The molecule has 5 heteroatoms. The Balaban J connectivity index is 1.93. The number of nitrogens with zero attached hydrogens (tertiary/aromatic N) is 1. The Labute approximate surface area is 122 Å². The third-order valence-electron chi connectivity index (χ3n) is 3.46. The molecule has 0 radical (unpaired) electrons. The van der Waals surface area contributed by atoms with Crippen molar-refractivity contribution in [1.29, 1.82) is 0 Å². The van der Waals surface area contributed by atoms with E-state index in [1.54, 1.807) is 24.3 Å². The van der Waals surface area contributed by atoms with Crippen molar-refractivity contribution in [3.63, 3.8) is 0 Å². The Morgan fingerprint density at radius 3 is 2.52 bits per heavy atom. The molecule has 0 saturated carbocycles. The zero-order valence-electron chi connectivity index (χ0n) is 11.3. The number of rotatable bonds is 2. The van der Waals surface area contributed by atoms with Gasteiger partial charge in [0.05, 0.1) is 11.4 Å². The number of hydrogen-bond donors (Lipinski definition) is 2. The molecule has 0 bridgehead atoms. The summed E-state index contributed by atoms with van der Waals surface area (Å²) in [6, 6.07) is 15.5. The SMILES string of the molecule is N[C@H](C(=O)N1CC(=O)Nc2ccccc21)c1ccccc1. The summed E-state index contributed by atoms with van der Waals surface area (Å²) in [4.78, 5) is 25.8. The van der Waals surface area contributed by atoms with Crippen molar-refractivity contribution in [2.24, 2.45) is 5.73 Å². The van der Waals surface area contributed by atoms with Gasteiger partial charge in [-0.2, -0.15) is 0 Å². The molecule has 0 spiro atoms. The lowest BCUT2D eigenvalue weighted by atomic mass is 10.1. The van der Waals surface area contributed by atoms with E-state index in [4.69, 9.17) is 5.73 Å². The number of anilines is 2. The van der Waals surface area contributed by atoms with E-state index < -0.39 is 6.04 Å². The minimum absolute atomic E-state index is 0.0175. The molecule has 0 saturated heterocycles. The number of carbonyl (C=O) groups is 2. The van der Waals surface area contributed by atoms with Gasteiger partial charge in [-0.05, 0) is 17.7 Å². The van der Waals surface area contributed by atoms with Gasteiger partial charge in [0.2, 0.25) is 11.8 Å². The minimum atomic E-state index is -0.787. The van der Waals surface area contributed by atoms with Crippen LogP contribution in [0.15, 0.2) is 54.6 Å². The van der Waals surface area contributed by atoms with Crippen molar-refractivity contribution in [3.05, 3.63) is 60.2 Å². The fourth-order valence-electron chi connectivity index (χ4n) is 2.40. The van der Waals surface area contributed by atoms with Gasteiger partial charge in [0.1, 0.15) is 12.6 Å². The predicted molar refractivity (Wildman–Crippen MR) is 80.8 cm³/mol. The van der Waals surface area contributed by atoms with Gasteiger partial charge in [-0.1, -0.05) is 42.5 Å². The van der Waals surface area contributed by atoms with Gasteiger partial charge >= 0.3 is 0 Å². The molecule has 106 valence electrons. The predicted octanol–water partition coefficient (Wildman–Crippen LogP) is 1.67. The maximum atomic E-state index is 12.6. The molecule has 3 N–H and O–H groups in total. The normalized spacial score (nSPS) is 15.1. The highest BCUT2D eigenvalue weighted by molar-refractivity contribution is 6.11. The van der Waals surface area contributed by atoms with Crippen LogP contribution in [0.1, 0.15) is 11.6 Å². The summed E-state index contributed by atoms with van der Waals surface area (Å²) in [6.07, 6.45) is 0. The zero-order valence-corrected chi connectivity index (χ0v) is 11.3. The Bertz CT molecular complexity index is 685. The first-order chi connectivity index (χ1) is 10.2. The zero-order chi connectivity index (χ0) is 14.8. The molecule has 3 rings (SSSR count). The van der Waals surface area contributed by atoms with E-state index in [-0.39, 0.29) is 18.4 Å².